The van der Waals surface area contributed by atoms with Crippen LogP contribution in [0.25, 0.3) is 0 Å². The molecule has 0 amide bonds. The summed E-state index contributed by atoms with van der Waals surface area (Å²) in [5.41, 5.74) is 0.370. The van der Waals surface area contributed by atoms with Gasteiger partial charge in [0, 0.05) is 11.1 Å². The van der Waals surface area contributed by atoms with Crippen LogP contribution in [0.15, 0.2) is 17.5 Å². The van der Waals surface area contributed by atoms with Crippen molar-refractivity contribution in [3.8, 4) is 0 Å². The first-order valence-electron chi connectivity index (χ1n) is 5.27. The van der Waals surface area contributed by atoms with Crippen LogP contribution in [0.2, 0.25) is 0 Å². The van der Waals surface area contributed by atoms with Crippen molar-refractivity contribution in [3.63, 3.8) is 0 Å². The van der Waals surface area contributed by atoms with E-state index in [0.29, 0.717) is 0 Å². The van der Waals surface area contributed by atoms with Gasteiger partial charge in [0.25, 0.3) is 0 Å². The van der Waals surface area contributed by atoms with Crippen molar-refractivity contribution in [2.45, 2.75) is 39.2 Å². The Morgan fingerprint density at radius 3 is 2.53 bits per heavy atom. The van der Waals surface area contributed by atoms with Crippen LogP contribution in [-0.4, -0.2) is 10.1 Å². The zero-order valence-electron chi connectivity index (χ0n) is 9.45. The van der Waals surface area contributed by atoms with E-state index < -0.39 is 5.60 Å². The van der Waals surface area contributed by atoms with Crippen LogP contribution in [0.5, 0.6) is 0 Å². The SMILES string of the molecule is Cc1csc(C2(O)C=CC(C)(C)CC2)n1. The van der Waals surface area contributed by atoms with E-state index in [4.69, 9.17) is 0 Å². The average Bonchev–Trinajstić information content (AvgIpc) is 2.59. The Kier molecular flexibility index (Phi) is 2.47. The third-order valence-electron chi connectivity index (χ3n) is 2.95. The monoisotopic (exact) mass is 223 g/mol. The maximum Gasteiger partial charge on any atom is 0.134 e. The second-order valence-corrected chi connectivity index (χ2v) is 5.90. The summed E-state index contributed by atoms with van der Waals surface area (Å²) in [6, 6.07) is 0. The highest BCUT2D eigenvalue weighted by molar-refractivity contribution is 7.09. The number of rotatable bonds is 1. The van der Waals surface area contributed by atoms with Crippen LogP contribution in [0, 0.1) is 12.3 Å². The molecule has 0 spiro atoms. The lowest BCUT2D eigenvalue weighted by atomic mass is 9.77. The van der Waals surface area contributed by atoms with Crippen molar-refractivity contribution >= 4 is 11.3 Å². The first-order chi connectivity index (χ1) is 6.91. The molecule has 1 N–H and O–H groups in total. The normalized spacial score (nSPS) is 29.3. The maximum absolute atomic E-state index is 10.4. The fourth-order valence-electron chi connectivity index (χ4n) is 1.77. The molecule has 1 aliphatic rings. The van der Waals surface area contributed by atoms with Crippen LogP contribution >= 0.6 is 11.3 Å². The largest absolute Gasteiger partial charge is 0.379 e. The molecular formula is C12H17NOS. The summed E-state index contributed by atoms with van der Waals surface area (Å²) in [5, 5.41) is 13.3. The highest BCUT2D eigenvalue weighted by Crippen LogP contribution is 2.40. The number of nitrogens with zero attached hydrogens (tertiary/aromatic N) is 1. The molecule has 0 fully saturated rings. The number of aliphatic hydroxyl groups is 1. The summed E-state index contributed by atoms with van der Waals surface area (Å²) < 4.78 is 0. The van der Waals surface area contributed by atoms with Gasteiger partial charge in [-0.3, -0.25) is 0 Å². The Balaban J connectivity index is 2.30. The third kappa shape index (κ3) is 2.13. The van der Waals surface area contributed by atoms with Crippen molar-refractivity contribution < 1.29 is 5.11 Å². The van der Waals surface area contributed by atoms with Gasteiger partial charge in [0.05, 0.1) is 0 Å². The zero-order chi connectivity index (χ0) is 11.1. The topological polar surface area (TPSA) is 33.1 Å². The molecule has 2 rings (SSSR count). The second kappa shape index (κ2) is 3.42. The number of hydrogen-bond donors (Lipinski definition) is 1. The average molecular weight is 223 g/mol. The van der Waals surface area contributed by atoms with Gasteiger partial charge in [-0.2, -0.15) is 0 Å². The van der Waals surface area contributed by atoms with Crippen molar-refractivity contribution in [2.24, 2.45) is 5.41 Å². The summed E-state index contributed by atoms with van der Waals surface area (Å²) in [4.78, 5) is 4.37. The minimum Gasteiger partial charge on any atom is -0.379 e. The molecule has 15 heavy (non-hydrogen) atoms. The summed E-state index contributed by atoms with van der Waals surface area (Å²) in [6.07, 6.45) is 5.78. The van der Waals surface area contributed by atoms with E-state index in [2.05, 4.69) is 24.9 Å². The molecule has 1 aliphatic carbocycles. The molecule has 0 bridgehead atoms. The molecule has 0 saturated carbocycles. The Morgan fingerprint density at radius 1 is 1.33 bits per heavy atom. The second-order valence-electron chi connectivity index (χ2n) is 5.04. The molecule has 1 atom stereocenters. The third-order valence-corrected chi connectivity index (χ3v) is 4.08. The lowest BCUT2D eigenvalue weighted by Crippen LogP contribution is -2.29. The van der Waals surface area contributed by atoms with Crippen molar-refractivity contribution in [1.82, 2.24) is 4.98 Å². The summed E-state index contributed by atoms with van der Waals surface area (Å²) in [6.45, 7) is 6.34. The molecule has 0 aliphatic heterocycles. The van der Waals surface area contributed by atoms with Crippen LogP contribution in [-0.2, 0) is 5.60 Å². The fraction of sp³-hybridized carbons (Fsp3) is 0.583. The number of aryl methyl sites for hydroxylation is 1. The van der Waals surface area contributed by atoms with E-state index in [9.17, 15) is 5.11 Å². The minimum atomic E-state index is -0.825. The van der Waals surface area contributed by atoms with E-state index in [1.54, 1.807) is 11.3 Å². The fourth-order valence-corrected chi connectivity index (χ4v) is 2.68. The quantitative estimate of drug-likeness (QED) is 0.742. The van der Waals surface area contributed by atoms with E-state index in [1.165, 1.54) is 0 Å². The molecule has 2 nitrogen and oxygen atoms in total. The van der Waals surface area contributed by atoms with Gasteiger partial charge in [0.1, 0.15) is 10.6 Å². The summed E-state index contributed by atoms with van der Waals surface area (Å²) in [5.74, 6) is 0. The van der Waals surface area contributed by atoms with Gasteiger partial charge in [-0.05, 0) is 31.3 Å². The van der Waals surface area contributed by atoms with E-state index in [-0.39, 0.29) is 5.41 Å². The van der Waals surface area contributed by atoms with Crippen LogP contribution in [0.4, 0.5) is 0 Å². The van der Waals surface area contributed by atoms with Crippen molar-refractivity contribution in [1.29, 1.82) is 0 Å². The lowest BCUT2D eigenvalue weighted by molar-refractivity contribution is 0.0578. The van der Waals surface area contributed by atoms with E-state index in [0.717, 1.165) is 23.5 Å². The summed E-state index contributed by atoms with van der Waals surface area (Å²) in [7, 11) is 0. The highest BCUT2D eigenvalue weighted by Gasteiger charge is 2.35. The number of thiazole rings is 1. The molecule has 0 saturated heterocycles. The molecular weight excluding hydrogens is 206 g/mol. The standard InChI is InChI=1S/C12H17NOS/c1-9-8-15-10(13-9)12(14)6-4-11(2,3)5-7-12/h4,6,8,14H,5,7H2,1-3H3. The predicted octanol–water partition coefficient (Wildman–Crippen LogP) is 3.02. The maximum atomic E-state index is 10.4. The number of aromatic nitrogens is 1. The first-order valence-corrected chi connectivity index (χ1v) is 6.15. The lowest BCUT2D eigenvalue weighted by Gasteiger charge is -2.33. The molecule has 3 heteroatoms. The first kappa shape index (κ1) is 10.8. The van der Waals surface area contributed by atoms with Crippen LogP contribution in [0.3, 0.4) is 0 Å². The van der Waals surface area contributed by atoms with Gasteiger partial charge in [0.15, 0.2) is 0 Å². The Labute approximate surface area is 94.7 Å². The molecule has 0 radical (unpaired) electrons. The van der Waals surface area contributed by atoms with Crippen LogP contribution < -0.4 is 0 Å². The Bertz CT molecular complexity index is 394. The van der Waals surface area contributed by atoms with Gasteiger partial charge in [0.2, 0.25) is 0 Å². The number of allylic oxidation sites excluding steroid dienone is 1. The molecule has 1 aromatic rings. The predicted molar refractivity (Wildman–Crippen MR) is 62.9 cm³/mol. The summed E-state index contributed by atoms with van der Waals surface area (Å²) >= 11 is 1.54. The molecule has 0 aromatic carbocycles. The molecule has 1 unspecified atom stereocenters. The van der Waals surface area contributed by atoms with E-state index in [1.807, 2.05) is 18.4 Å². The molecule has 82 valence electrons. The molecule has 1 heterocycles. The van der Waals surface area contributed by atoms with Gasteiger partial charge >= 0.3 is 0 Å². The van der Waals surface area contributed by atoms with Crippen LogP contribution in [0.1, 0.15) is 37.4 Å². The van der Waals surface area contributed by atoms with E-state index >= 15 is 0 Å². The van der Waals surface area contributed by atoms with Crippen molar-refractivity contribution in [2.75, 3.05) is 0 Å². The Hall–Kier alpha value is -0.670. The number of hydrogen-bond acceptors (Lipinski definition) is 3. The van der Waals surface area contributed by atoms with Gasteiger partial charge in [-0.15, -0.1) is 11.3 Å². The highest BCUT2D eigenvalue weighted by atomic mass is 32.1. The smallest absolute Gasteiger partial charge is 0.134 e. The van der Waals surface area contributed by atoms with Gasteiger partial charge in [-0.1, -0.05) is 19.9 Å². The van der Waals surface area contributed by atoms with Gasteiger partial charge in [-0.25, -0.2) is 4.98 Å². The molecule has 1 aromatic heterocycles. The minimum absolute atomic E-state index is 0.207. The van der Waals surface area contributed by atoms with Crippen molar-refractivity contribution in [3.05, 3.63) is 28.2 Å². The van der Waals surface area contributed by atoms with Gasteiger partial charge < -0.3 is 5.11 Å². The zero-order valence-corrected chi connectivity index (χ0v) is 10.3. The Morgan fingerprint density at radius 2 is 2.07 bits per heavy atom.